The van der Waals surface area contributed by atoms with E-state index in [1.807, 2.05) is 29.8 Å². The van der Waals surface area contributed by atoms with Gasteiger partial charge in [-0.05, 0) is 63.4 Å². The van der Waals surface area contributed by atoms with Gasteiger partial charge in [0, 0.05) is 16.8 Å². The summed E-state index contributed by atoms with van der Waals surface area (Å²) in [6, 6.07) is 5.79. The number of hydrogen-bond donors (Lipinski definition) is 1. The van der Waals surface area contributed by atoms with E-state index in [-0.39, 0.29) is 5.75 Å². The molecule has 0 aliphatic carbocycles. The molecule has 2 heterocycles. The Labute approximate surface area is 137 Å². The minimum Gasteiger partial charge on any atom is -0.506 e. The summed E-state index contributed by atoms with van der Waals surface area (Å²) in [5.41, 5.74) is 2.57. The zero-order valence-electron chi connectivity index (χ0n) is 9.93. The molecule has 0 fully saturated rings. The van der Waals surface area contributed by atoms with E-state index < -0.39 is 0 Å². The van der Waals surface area contributed by atoms with Gasteiger partial charge in [0.15, 0.2) is 0 Å². The number of imidazole rings is 1. The Hall–Kier alpha value is -0.900. The number of fused-ring (bicyclic) bond motifs is 1. The first-order chi connectivity index (χ1) is 9.08. The lowest BCUT2D eigenvalue weighted by atomic mass is 10.2. The van der Waals surface area contributed by atoms with Crippen molar-refractivity contribution < 1.29 is 5.11 Å². The molecule has 4 nitrogen and oxygen atoms in total. The smallest absolute Gasteiger partial charge is 0.144 e. The summed E-state index contributed by atoms with van der Waals surface area (Å²) in [5.74, 6) is 1.02. The molecular formula is C13H9I2N3O. The summed E-state index contributed by atoms with van der Waals surface area (Å²) in [6.45, 7) is 0. The van der Waals surface area contributed by atoms with Crippen LogP contribution in [0.2, 0.25) is 0 Å². The van der Waals surface area contributed by atoms with Crippen molar-refractivity contribution in [3.63, 3.8) is 0 Å². The molecule has 1 N–H and O–H groups in total. The number of halogens is 2. The predicted molar refractivity (Wildman–Crippen MR) is 91.0 cm³/mol. The van der Waals surface area contributed by atoms with Crippen molar-refractivity contribution in [1.82, 2.24) is 14.5 Å². The van der Waals surface area contributed by atoms with E-state index in [4.69, 9.17) is 0 Å². The van der Waals surface area contributed by atoms with Gasteiger partial charge in [0.2, 0.25) is 0 Å². The van der Waals surface area contributed by atoms with Crippen molar-refractivity contribution in [2.24, 2.45) is 7.05 Å². The standard InChI is InChI=1S/C13H9I2N3O/c1-18-11-2-3-16-6-10(11)17-13(18)8-4-7(14)5-9(15)12(8)19/h2-6,19H,1H3. The topological polar surface area (TPSA) is 50.9 Å². The lowest BCUT2D eigenvalue weighted by Crippen LogP contribution is -1.94. The Morgan fingerprint density at radius 2 is 2.05 bits per heavy atom. The van der Waals surface area contributed by atoms with Crippen LogP contribution in [0, 0.1) is 7.14 Å². The van der Waals surface area contributed by atoms with E-state index >= 15 is 0 Å². The highest BCUT2D eigenvalue weighted by atomic mass is 127. The van der Waals surface area contributed by atoms with Crippen LogP contribution in [0.25, 0.3) is 22.4 Å². The molecule has 1 aromatic carbocycles. The second kappa shape index (κ2) is 4.89. The molecule has 0 saturated heterocycles. The Morgan fingerprint density at radius 3 is 2.79 bits per heavy atom. The van der Waals surface area contributed by atoms with Crippen LogP contribution in [0.15, 0.2) is 30.6 Å². The minimum atomic E-state index is 0.271. The van der Waals surface area contributed by atoms with Crippen LogP contribution in [-0.2, 0) is 7.05 Å². The van der Waals surface area contributed by atoms with Crippen LogP contribution in [-0.4, -0.2) is 19.6 Å². The molecule has 3 aromatic rings. The van der Waals surface area contributed by atoms with Gasteiger partial charge in [-0.15, -0.1) is 0 Å². The number of nitrogens with zero attached hydrogens (tertiary/aromatic N) is 3. The Morgan fingerprint density at radius 1 is 1.26 bits per heavy atom. The third kappa shape index (κ3) is 2.20. The Balaban J connectivity index is 2.33. The molecule has 19 heavy (non-hydrogen) atoms. The molecule has 0 amide bonds. The first-order valence-electron chi connectivity index (χ1n) is 5.52. The van der Waals surface area contributed by atoms with Crippen LogP contribution in [0.3, 0.4) is 0 Å². The van der Waals surface area contributed by atoms with Gasteiger partial charge in [-0.25, -0.2) is 4.98 Å². The van der Waals surface area contributed by atoms with E-state index in [0.717, 1.165) is 29.6 Å². The number of aromatic hydroxyl groups is 1. The van der Waals surface area contributed by atoms with Gasteiger partial charge in [0.1, 0.15) is 17.1 Å². The summed E-state index contributed by atoms with van der Waals surface area (Å²) in [6.07, 6.45) is 3.47. The fourth-order valence-electron chi connectivity index (χ4n) is 2.03. The van der Waals surface area contributed by atoms with Crippen molar-refractivity contribution in [2.75, 3.05) is 0 Å². The SMILES string of the molecule is Cn1c(-c2cc(I)cc(I)c2O)nc2cnccc21. The molecule has 6 heteroatoms. The van der Waals surface area contributed by atoms with Crippen molar-refractivity contribution in [3.05, 3.63) is 37.7 Å². The number of phenols is 1. The van der Waals surface area contributed by atoms with Crippen LogP contribution in [0.5, 0.6) is 5.75 Å². The van der Waals surface area contributed by atoms with E-state index in [2.05, 4.69) is 55.1 Å². The average molecular weight is 477 g/mol. The van der Waals surface area contributed by atoms with E-state index in [1.165, 1.54) is 0 Å². The van der Waals surface area contributed by atoms with Crippen LogP contribution in [0.1, 0.15) is 0 Å². The second-order valence-corrected chi connectivity index (χ2v) is 6.55. The van der Waals surface area contributed by atoms with Crippen LogP contribution in [0.4, 0.5) is 0 Å². The summed E-state index contributed by atoms with van der Waals surface area (Å²) >= 11 is 4.37. The molecule has 0 atom stereocenters. The molecule has 2 aromatic heterocycles. The highest BCUT2D eigenvalue weighted by Gasteiger charge is 2.15. The van der Waals surface area contributed by atoms with Crippen LogP contribution < -0.4 is 0 Å². The Bertz CT molecular complexity index is 783. The average Bonchev–Trinajstić information content (AvgIpc) is 2.72. The van der Waals surface area contributed by atoms with Crippen molar-refractivity contribution >= 4 is 56.2 Å². The molecule has 96 valence electrons. The van der Waals surface area contributed by atoms with Crippen molar-refractivity contribution in [2.45, 2.75) is 0 Å². The minimum absolute atomic E-state index is 0.271. The molecule has 0 saturated carbocycles. The lowest BCUT2D eigenvalue weighted by Gasteiger charge is -2.07. The summed E-state index contributed by atoms with van der Waals surface area (Å²) in [5, 5.41) is 10.2. The first-order valence-corrected chi connectivity index (χ1v) is 7.68. The molecular weight excluding hydrogens is 468 g/mol. The predicted octanol–water partition coefficient (Wildman–Crippen LogP) is 3.55. The first kappa shape index (κ1) is 13.1. The highest BCUT2D eigenvalue weighted by Crippen LogP contribution is 2.35. The highest BCUT2D eigenvalue weighted by molar-refractivity contribution is 14.1. The van der Waals surface area contributed by atoms with Gasteiger partial charge in [-0.2, -0.15) is 0 Å². The van der Waals surface area contributed by atoms with Gasteiger partial charge in [-0.1, -0.05) is 0 Å². The second-order valence-electron chi connectivity index (χ2n) is 4.14. The molecule has 0 radical (unpaired) electrons. The fraction of sp³-hybridized carbons (Fsp3) is 0.0769. The molecule has 0 bridgehead atoms. The summed E-state index contributed by atoms with van der Waals surface area (Å²) < 4.78 is 3.86. The van der Waals surface area contributed by atoms with E-state index in [9.17, 15) is 5.11 Å². The maximum atomic E-state index is 10.2. The zero-order valence-corrected chi connectivity index (χ0v) is 14.2. The van der Waals surface area contributed by atoms with E-state index in [0.29, 0.717) is 0 Å². The molecule has 0 aliphatic heterocycles. The van der Waals surface area contributed by atoms with Gasteiger partial charge in [-0.3, -0.25) is 4.98 Å². The van der Waals surface area contributed by atoms with Crippen molar-refractivity contribution in [3.8, 4) is 17.1 Å². The number of aryl methyl sites for hydroxylation is 1. The van der Waals surface area contributed by atoms with Crippen molar-refractivity contribution in [1.29, 1.82) is 0 Å². The number of benzene rings is 1. The quantitative estimate of drug-likeness (QED) is 0.546. The van der Waals surface area contributed by atoms with Gasteiger partial charge < -0.3 is 9.67 Å². The number of aromatic nitrogens is 3. The fourth-order valence-corrected chi connectivity index (χ4v) is 3.87. The zero-order chi connectivity index (χ0) is 13.6. The maximum absolute atomic E-state index is 10.2. The largest absolute Gasteiger partial charge is 0.506 e. The van der Waals surface area contributed by atoms with Gasteiger partial charge in [0.25, 0.3) is 0 Å². The number of phenolic OH excluding ortho intramolecular Hbond substituents is 1. The van der Waals surface area contributed by atoms with Gasteiger partial charge >= 0.3 is 0 Å². The molecule has 3 rings (SSSR count). The third-order valence-electron chi connectivity index (χ3n) is 2.95. The van der Waals surface area contributed by atoms with Gasteiger partial charge in [0.05, 0.1) is 20.8 Å². The van der Waals surface area contributed by atoms with E-state index in [1.54, 1.807) is 12.4 Å². The molecule has 0 unspecified atom stereocenters. The molecule has 0 aliphatic rings. The molecule has 0 spiro atoms. The Kier molecular flexibility index (Phi) is 3.37. The number of pyridine rings is 1. The summed E-state index contributed by atoms with van der Waals surface area (Å²) in [4.78, 5) is 8.64. The maximum Gasteiger partial charge on any atom is 0.144 e. The lowest BCUT2D eigenvalue weighted by molar-refractivity contribution is 0.472. The number of rotatable bonds is 1. The number of hydrogen-bond acceptors (Lipinski definition) is 3. The third-order valence-corrected chi connectivity index (χ3v) is 4.40. The summed E-state index contributed by atoms with van der Waals surface area (Å²) in [7, 11) is 1.94. The normalized spacial score (nSPS) is 11.1. The van der Waals surface area contributed by atoms with Crippen LogP contribution >= 0.6 is 45.2 Å². The monoisotopic (exact) mass is 477 g/mol.